The zero-order valence-electron chi connectivity index (χ0n) is 15.4. The third-order valence-corrected chi connectivity index (χ3v) is 4.73. The van der Waals surface area contributed by atoms with Crippen molar-refractivity contribution in [1.29, 1.82) is 0 Å². The maximum Gasteiger partial charge on any atom is 0.228 e. The molecule has 0 radical (unpaired) electrons. The Morgan fingerprint density at radius 2 is 2.07 bits per heavy atom. The first-order chi connectivity index (χ1) is 13.4. The van der Waals surface area contributed by atoms with E-state index in [1.165, 1.54) is 0 Å². The van der Waals surface area contributed by atoms with E-state index in [0.29, 0.717) is 28.7 Å². The zero-order valence-corrected chi connectivity index (χ0v) is 16.1. The number of aryl methyl sites for hydroxylation is 1. The summed E-state index contributed by atoms with van der Waals surface area (Å²) in [6, 6.07) is 6.83. The molecule has 0 bridgehead atoms. The number of morpholine rings is 1. The van der Waals surface area contributed by atoms with E-state index in [-0.39, 0.29) is 38.5 Å². The van der Waals surface area contributed by atoms with Crippen LogP contribution in [-0.2, 0) is 20.7 Å². The van der Waals surface area contributed by atoms with E-state index in [4.69, 9.17) is 26.8 Å². The predicted octanol–water partition coefficient (Wildman–Crippen LogP) is 1.13. The summed E-state index contributed by atoms with van der Waals surface area (Å²) in [5, 5.41) is 8.01. The van der Waals surface area contributed by atoms with Crippen molar-refractivity contribution in [3.05, 3.63) is 40.7 Å². The summed E-state index contributed by atoms with van der Waals surface area (Å²) in [5.74, 6) is -0.127. The molecule has 0 unspecified atom stereocenters. The molecule has 2 amide bonds. The van der Waals surface area contributed by atoms with Gasteiger partial charge >= 0.3 is 0 Å². The van der Waals surface area contributed by atoms with Crippen LogP contribution in [0.2, 0.25) is 5.02 Å². The van der Waals surface area contributed by atoms with Gasteiger partial charge in [0.25, 0.3) is 0 Å². The minimum Gasteiger partial charge on any atom is -0.490 e. The number of carbonyl (C=O) groups is 2. The fourth-order valence-corrected chi connectivity index (χ4v) is 3.16. The van der Waals surface area contributed by atoms with Crippen LogP contribution in [-0.4, -0.2) is 58.9 Å². The van der Waals surface area contributed by atoms with E-state index < -0.39 is 11.5 Å². The standard InChI is InChI=1S/C18H21ClN4O5/c1-12-15(22-28-21-12)8-17(25)23-6-7-27-18(10-23,9-16(20)24)11-26-14-4-2-13(19)3-5-14/h2-5H,6-11H2,1H3,(H2,20,24)/t18-/m0/s1. The number of ether oxygens (including phenoxy) is 2. The van der Waals surface area contributed by atoms with Gasteiger partial charge in [-0.3, -0.25) is 9.59 Å². The van der Waals surface area contributed by atoms with Crippen LogP contribution in [0.25, 0.3) is 0 Å². The molecule has 3 rings (SSSR count). The van der Waals surface area contributed by atoms with Gasteiger partial charge in [-0.05, 0) is 31.2 Å². The maximum absolute atomic E-state index is 12.7. The van der Waals surface area contributed by atoms with Gasteiger partial charge in [0.05, 0.1) is 26.0 Å². The maximum atomic E-state index is 12.7. The van der Waals surface area contributed by atoms with Crippen molar-refractivity contribution in [3.8, 4) is 5.75 Å². The molecule has 1 aromatic carbocycles. The molecule has 2 N–H and O–H groups in total. The molecule has 9 nitrogen and oxygen atoms in total. The Kier molecular flexibility index (Phi) is 6.15. The smallest absolute Gasteiger partial charge is 0.228 e. The van der Waals surface area contributed by atoms with Crippen molar-refractivity contribution in [2.45, 2.75) is 25.4 Å². The van der Waals surface area contributed by atoms with Gasteiger partial charge in [-0.1, -0.05) is 21.9 Å². The summed E-state index contributed by atoms with van der Waals surface area (Å²) < 4.78 is 16.3. The van der Waals surface area contributed by atoms with Gasteiger partial charge in [0.15, 0.2) is 0 Å². The molecule has 10 heteroatoms. The average molecular weight is 409 g/mol. The number of carbonyl (C=O) groups excluding carboxylic acids is 2. The number of hydrogen-bond acceptors (Lipinski definition) is 7. The number of amides is 2. The highest BCUT2D eigenvalue weighted by atomic mass is 35.5. The molecule has 1 aliphatic rings. The van der Waals surface area contributed by atoms with Crippen molar-refractivity contribution in [2.24, 2.45) is 5.73 Å². The Bertz CT molecular complexity index is 841. The third-order valence-electron chi connectivity index (χ3n) is 4.48. The lowest BCUT2D eigenvalue weighted by Crippen LogP contribution is -2.58. The predicted molar refractivity (Wildman–Crippen MR) is 98.8 cm³/mol. The Labute approximate surface area is 166 Å². The highest BCUT2D eigenvalue weighted by molar-refractivity contribution is 6.30. The second-order valence-electron chi connectivity index (χ2n) is 6.71. The van der Waals surface area contributed by atoms with Gasteiger partial charge < -0.3 is 20.1 Å². The quantitative estimate of drug-likeness (QED) is 0.728. The average Bonchev–Trinajstić information content (AvgIpc) is 3.05. The van der Waals surface area contributed by atoms with Gasteiger partial charge in [0.2, 0.25) is 11.8 Å². The summed E-state index contributed by atoms with van der Waals surface area (Å²) in [4.78, 5) is 26.0. The summed E-state index contributed by atoms with van der Waals surface area (Å²) >= 11 is 5.88. The van der Waals surface area contributed by atoms with Gasteiger partial charge in [0, 0.05) is 11.6 Å². The van der Waals surface area contributed by atoms with E-state index in [1.807, 2.05) is 0 Å². The molecule has 0 spiro atoms. The number of primary amides is 1. The van der Waals surface area contributed by atoms with Crippen LogP contribution in [0.4, 0.5) is 0 Å². The summed E-state index contributed by atoms with van der Waals surface area (Å²) in [7, 11) is 0. The van der Waals surface area contributed by atoms with E-state index >= 15 is 0 Å². The number of nitrogens with zero attached hydrogens (tertiary/aromatic N) is 3. The van der Waals surface area contributed by atoms with Gasteiger partial charge in [-0.15, -0.1) is 0 Å². The second-order valence-corrected chi connectivity index (χ2v) is 7.14. The molecule has 1 fully saturated rings. The lowest BCUT2D eigenvalue weighted by atomic mass is 9.97. The minimum absolute atomic E-state index is 0.0556. The molecule has 1 atom stereocenters. The Balaban J connectivity index is 1.70. The number of aromatic nitrogens is 2. The highest BCUT2D eigenvalue weighted by Crippen LogP contribution is 2.25. The third kappa shape index (κ3) is 4.99. The fourth-order valence-electron chi connectivity index (χ4n) is 3.03. The number of hydrogen-bond donors (Lipinski definition) is 1. The lowest BCUT2D eigenvalue weighted by Gasteiger charge is -2.41. The summed E-state index contributed by atoms with van der Waals surface area (Å²) in [6.45, 7) is 2.61. The first-order valence-corrected chi connectivity index (χ1v) is 9.11. The minimum atomic E-state index is -1.03. The van der Waals surface area contributed by atoms with Crippen LogP contribution in [0.15, 0.2) is 28.9 Å². The number of halogens is 1. The summed E-state index contributed by atoms with van der Waals surface area (Å²) in [5.41, 5.74) is 5.44. The van der Waals surface area contributed by atoms with E-state index in [1.54, 1.807) is 36.1 Å². The molecule has 150 valence electrons. The van der Waals surface area contributed by atoms with Crippen molar-refractivity contribution < 1.29 is 23.7 Å². The molecule has 28 heavy (non-hydrogen) atoms. The van der Waals surface area contributed by atoms with Crippen LogP contribution in [0.1, 0.15) is 17.8 Å². The van der Waals surface area contributed by atoms with Crippen LogP contribution in [0.3, 0.4) is 0 Å². The SMILES string of the molecule is Cc1nonc1CC(=O)N1CCO[C@@](COc2ccc(Cl)cc2)(CC(N)=O)C1. The molecular formula is C18H21ClN4O5. The van der Waals surface area contributed by atoms with Crippen molar-refractivity contribution in [2.75, 3.05) is 26.3 Å². The molecule has 1 aromatic heterocycles. The molecular weight excluding hydrogens is 388 g/mol. The number of benzene rings is 1. The van der Waals surface area contributed by atoms with Gasteiger partial charge in [0.1, 0.15) is 29.3 Å². The molecule has 0 aliphatic carbocycles. The largest absolute Gasteiger partial charge is 0.490 e. The second kappa shape index (κ2) is 8.57. The normalized spacial score (nSPS) is 19.4. The van der Waals surface area contributed by atoms with Gasteiger partial charge in [-0.25, -0.2) is 4.63 Å². The first kappa shape index (κ1) is 20.1. The van der Waals surface area contributed by atoms with E-state index in [0.717, 1.165) is 0 Å². The Morgan fingerprint density at radius 3 is 2.71 bits per heavy atom. The lowest BCUT2D eigenvalue weighted by molar-refractivity contribution is -0.161. The van der Waals surface area contributed by atoms with Crippen molar-refractivity contribution >= 4 is 23.4 Å². The molecule has 0 saturated carbocycles. The summed E-state index contributed by atoms with van der Waals surface area (Å²) in [6.07, 6.45) is -0.0189. The van der Waals surface area contributed by atoms with Crippen LogP contribution < -0.4 is 10.5 Å². The Hall–Kier alpha value is -2.65. The Morgan fingerprint density at radius 1 is 1.32 bits per heavy atom. The monoisotopic (exact) mass is 408 g/mol. The van der Waals surface area contributed by atoms with E-state index in [9.17, 15) is 9.59 Å². The molecule has 1 saturated heterocycles. The van der Waals surface area contributed by atoms with Crippen LogP contribution in [0, 0.1) is 6.92 Å². The van der Waals surface area contributed by atoms with Gasteiger partial charge in [-0.2, -0.15) is 0 Å². The first-order valence-electron chi connectivity index (χ1n) is 8.73. The van der Waals surface area contributed by atoms with Crippen LogP contribution >= 0.6 is 11.6 Å². The number of nitrogens with two attached hydrogens (primary N) is 1. The van der Waals surface area contributed by atoms with Crippen molar-refractivity contribution in [1.82, 2.24) is 15.2 Å². The fraction of sp³-hybridized carbons (Fsp3) is 0.444. The zero-order chi connectivity index (χ0) is 20.1. The molecule has 1 aliphatic heterocycles. The van der Waals surface area contributed by atoms with Crippen LogP contribution in [0.5, 0.6) is 5.75 Å². The number of rotatable bonds is 7. The van der Waals surface area contributed by atoms with E-state index in [2.05, 4.69) is 14.9 Å². The van der Waals surface area contributed by atoms with Crippen molar-refractivity contribution in [3.63, 3.8) is 0 Å². The molecule has 2 heterocycles. The topological polar surface area (TPSA) is 121 Å². The molecule has 2 aromatic rings. The highest BCUT2D eigenvalue weighted by Gasteiger charge is 2.41.